The Hall–Kier alpha value is -4.52. The van der Waals surface area contributed by atoms with Gasteiger partial charge in [0.2, 0.25) is 0 Å². The van der Waals surface area contributed by atoms with Crippen molar-refractivity contribution in [1.29, 1.82) is 0 Å². The van der Waals surface area contributed by atoms with Gasteiger partial charge in [-0.05, 0) is 106 Å². The summed E-state index contributed by atoms with van der Waals surface area (Å²) < 4.78 is 4.96. The van der Waals surface area contributed by atoms with Gasteiger partial charge in [0, 0.05) is 40.2 Å². The average Bonchev–Trinajstić information content (AvgIpc) is 3.71. The Morgan fingerprint density at radius 1 is 0.977 bits per heavy atom. The summed E-state index contributed by atoms with van der Waals surface area (Å²) in [6.07, 6.45) is 10.4. The van der Waals surface area contributed by atoms with Crippen LogP contribution in [0.2, 0.25) is 0 Å². The monoisotopic (exact) mass is 574 g/mol. The van der Waals surface area contributed by atoms with Crippen LogP contribution in [0.1, 0.15) is 78.4 Å². The maximum absolute atomic E-state index is 12.2. The first-order valence-corrected chi connectivity index (χ1v) is 14.9. The van der Waals surface area contributed by atoms with E-state index in [-0.39, 0.29) is 12.4 Å². The number of esters is 1. The van der Waals surface area contributed by atoms with Gasteiger partial charge in [-0.15, -0.1) is 0 Å². The van der Waals surface area contributed by atoms with Gasteiger partial charge in [-0.25, -0.2) is 15.0 Å². The molecule has 220 valence electrons. The molecule has 1 aromatic rings. The van der Waals surface area contributed by atoms with Crippen molar-refractivity contribution >= 4 is 41.3 Å². The van der Waals surface area contributed by atoms with Crippen LogP contribution in [-0.2, 0) is 9.53 Å². The number of allylic oxidation sites excluding steroid dienone is 9. The Morgan fingerprint density at radius 2 is 1.67 bits per heavy atom. The van der Waals surface area contributed by atoms with E-state index in [2.05, 4.69) is 70.8 Å². The van der Waals surface area contributed by atoms with Crippen LogP contribution in [0.25, 0.3) is 18.2 Å². The van der Waals surface area contributed by atoms with E-state index < -0.39 is 0 Å². The first-order chi connectivity index (χ1) is 20.5. The number of carbonyl (C=O) groups is 1. The van der Waals surface area contributed by atoms with Gasteiger partial charge in [0.25, 0.3) is 0 Å². The second-order valence-electron chi connectivity index (χ2n) is 12.0. The molecule has 0 saturated heterocycles. The third-order valence-corrected chi connectivity index (χ3v) is 8.97. The lowest BCUT2D eigenvalue weighted by molar-refractivity contribution is -0.140. The van der Waals surface area contributed by atoms with Crippen LogP contribution in [0.4, 0.5) is 0 Å². The minimum atomic E-state index is -0.267. The molecule has 43 heavy (non-hydrogen) atoms. The van der Waals surface area contributed by atoms with E-state index in [0.29, 0.717) is 18.6 Å². The maximum Gasteiger partial charge on any atom is 0.305 e. The maximum atomic E-state index is 12.2. The zero-order chi connectivity index (χ0) is 30.7. The first kappa shape index (κ1) is 28.6. The van der Waals surface area contributed by atoms with Gasteiger partial charge in [0.1, 0.15) is 5.76 Å². The molecule has 5 aliphatic rings. The Balaban J connectivity index is 1.68. The minimum absolute atomic E-state index is 0.243. The highest BCUT2D eigenvalue weighted by molar-refractivity contribution is 6.26. The third kappa shape index (κ3) is 4.67. The van der Waals surface area contributed by atoms with E-state index in [4.69, 9.17) is 19.7 Å². The third-order valence-electron chi connectivity index (χ3n) is 8.97. The molecule has 1 aliphatic carbocycles. The molecule has 0 amide bonds. The van der Waals surface area contributed by atoms with Gasteiger partial charge in [-0.3, -0.25) is 4.79 Å². The molecule has 0 aromatic carbocycles. The number of nitrogens with one attached hydrogen (secondary N) is 1. The fourth-order valence-corrected chi connectivity index (χ4v) is 6.57. The number of H-pyrrole nitrogens is 1. The summed E-state index contributed by atoms with van der Waals surface area (Å²) in [4.78, 5) is 31.2. The molecule has 0 saturated carbocycles. The summed E-state index contributed by atoms with van der Waals surface area (Å²) in [5, 5.41) is 13.2. The summed E-state index contributed by atoms with van der Waals surface area (Å²) in [5.41, 5.74) is 15.4. The molecule has 0 atom stereocenters. The highest BCUT2D eigenvalue weighted by atomic mass is 16.5. The Labute approximate surface area is 252 Å². The molecule has 2 N–H and O–H groups in total. The van der Waals surface area contributed by atoms with Crippen molar-refractivity contribution < 1.29 is 14.6 Å². The number of aliphatic hydroxyl groups excluding tert-OH is 1. The van der Waals surface area contributed by atoms with Gasteiger partial charge >= 0.3 is 5.97 Å². The van der Waals surface area contributed by atoms with Crippen molar-refractivity contribution in [1.82, 2.24) is 4.98 Å². The zero-order valence-corrected chi connectivity index (χ0v) is 26.2. The molecule has 5 heterocycles. The van der Waals surface area contributed by atoms with E-state index in [1.807, 2.05) is 6.92 Å². The van der Waals surface area contributed by atoms with Crippen LogP contribution >= 0.6 is 0 Å². The molecule has 0 radical (unpaired) electrons. The van der Waals surface area contributed by atoms with E-state index in [0.717, 1.165) is 95.9 Å². The molecule has 0 fully saturated rings. The molecule has 7 nitrogen and oxygen atoms in total. The number of nitrogens with zero attached hydrogens (tertiary/aromatic N) is 3. The summed E-state index contributed by atoms with van der Waals surface area (Å²) in [6, 6.07) is 0. The minimum Gasteiger partial charge on any atom is -0.511 e. The molecule has 0 unspecified atom stereocenters. The lowest BCUT2D eigenvalue weighted by atomic mass is 9.96. The van der Waals surface area contributed by atoms with Crippen LogP contribution < -0.4 is 10.7 Å². The summed E-state index contributed by atoms with van der Waals surface area (Å²) in [5.74, 6) is 0.0322. The smallest absolute Gasteiger partial charge is 0.305 e. The van der Waals surface area contributed by atoms with Crippen molar-refractivity contribution in [2.24, 2.45) is 15.0 Å². The number of hydrogen-bond acceptors (Lipinski definition) is 6. The van der Waals surface area contributed by atoms with Gasteiger partial charge < -0.3 is 14.8 Å². The lowest BCUT2D eigenvalue weighted by Crippen LogP contribution is -2.15. The number of carbonyl (C=O) groups excluding carboxylic acids is 1. The van der Waals surface area contributed by atoms with Crippen molar-refractivity contribution in [3.8, 4) is 0 Å². The topological polar surface area (TPSA) is 99.4 Å². The van der Waals surface area contributed by atoms with Crippen LogP contribution in [0.3, 0.4) is 0 Å². The summed E-state index contributed by atoms with van der Waals surface area (Å²) in [6.45, 7) is 14.7. The SMILES string of the molecule is CCC1=C(C)C2=NC1=CC1=C(C)C3=C(O)CC(=C4N=C(C=c5[nH]c(c(C=C(C)C)c5C)=C2)C(C)=C4CCC(=O)OC)C3=N1. The highest BCUT2D eigenvalue weighted by Gasteiger charge is 2.37. The normalized spacial score (nSPS) is 19.1. The predicted molar refractivity (Wildman–Crippen MR) is 174 cm³/mol. The standard InChI is InChI=1S/C36H38N4O3/c1-9-22-18(4)27-15-31-24(12-17(2)3)20(6)26(38-31)14-28-19(5)23(10-11-33(42)43-8)35(39-28)25-13-32(41)34-21(7)29(40-36(25)34)16-30(22)37-27/h12,14-16,38,41H,9-11,13H2,1-8H3. The summed E-state index contributed by atoms with van der Waals surface area (Å²) >= 11 is 0. The molecule has 8 bridgehead atoms. The fraction of sp³-hybridized carbons (Fsp3) is 0.333. The number of aromatic nitrogens is 1. The first-order valence-electron chi connectivity index (χ1n) is 14.9. The van der Waals surface area contributed by atoms with E-state index in [1.54, 1.807) is 0 Å². The second-order valence-corrected chi connectivity index (χ2v) is 12.0. The Bertz CT molecular complexity index is 1970. The zero-order valence-electron chi connectivity index (χ0n) is 26.2. The number of aliphatic imine (C=N–C) groups is 3. The molecule has 1 aromatic heterocycles. The number of methoxy groups -OCH3 is 1. The molecule has 6 rings (SSSR count). The van der Waals surface area contributed by atoms with Crippen molar-refractivity contribution in [2.45, 2.75) is 74.1 Å². The number of aliphatic hydroxyl groups is 1. The average molecular weight is 575 g/mol. The van der Waals surface area contributed by atoms with Crippen LogP contribution in [0.15, 0.2) is 88.5 Å². The predicted octanol–water partition coefficient (Wildman–Crippen LogP) is 6.31. The van der Waals surface area contributed by atoms with Crippen LogP contribution in [0.5, 0.6) is 0 Å². The fourth-order valence-electron chi connectivity index (χ4n) is 6.57. The van der Waals surface area contributed by atoms with Crippen molar-refractivity contribution in [3.63, 3.8) is 0 Å². The van der Waals surface area contributed by atoms with Crippen molar-refractivity contribution in [2.75, 3.05) is 7.11 Å². The van der Waals surface area contributed by atoms with E-state index >= 15 is 0 Å². The number of fused-ring (bicyclic) bond motifs is 5. The Kier molecular flexibility index (Phi) is 7.07. The van der Waals surface area contributed by atoms with E-state index in [9.17, 15) is 9.90 Å². The van der Waals surface area contributed by atoms with E-state index in [1.165, 1.54) is 18.3 Å². The summed E-state index contributed by atoms with van der Waals surface area (Å²) in [7, 11) is 1.41. The molecule has 4 aliphatic heterocycles. The number of rotatable bonds is 5. The molecule has 7 heteroatoms. The van der Waals surface area contributed by atoms with Gasteiger partial charge in [0.15, 0.2) is 0 Å². The molecular weight excluding hydrogens is 536 g/mol. The Morgan fingerprint density at radius 3 is 2.37 bits per heavy atom. The number of hydrogen-bond donors (Lipinski definition) is 2. The van der Waals surface area contributed by atoms with Gasteiger partial charge in [0.05, 0.1) is 41.3 Å². The molecular formula is C36H38N4O3. The van der Waals surface area contributed by atoms with Gasteiger partial charge in [-0.2, -0.15) is 0 Å². The quantitative estimate of drug-likeness (QED) is 0.403. The highest BCUT2D eigenvalue weighted by Crippen LogP contribution is 2.44. The van der Waals surface area contributed by atoms with Crippen LogP contribution in [0, 0.1) is 6.92 Å². The molecule has 0 spiro atoms. The van der Waals surface area contributed by atoms with Gasteiger partial charge in [-0.1, -0.05) is 18.6 Å². The number of ether oxygens (including phenoxy) is 1. The number of aromatic amines is 1. The largest absolute Gasteiger partial charge is 0.511 e. The lowest BCUT2D eigenvalue weighted by Gasteiger charge is -2.09. The van der Waals surface area contributed by atoms with Crippen molar-refractivity contribution in [3.05, 3.63) is 95.3 Å². The van der Waals surface area contributed by atoms with Crippen LogP contribution in [-0.4, -0.2) is 40.3 Å². The second kappa shape index (κ2) is 10.6.